The van der Waals surface area contributed by atoms with Gasteiger partial charge in [-0.25, -0.2) is 30.7 Å². The Morgan fingerprint density at radius 1 is 0.641 bits per heavy atom. The van der Waals surface area contributed by atoms with Crippen molar-refractivity contribution in [3.63, 3.8) is 0 Å². The Kier molecular flexibility index (Phi) is 15.7. The van der Waals surface area contributed by atoms with Crippen LogP contribution < -0.4 is 14.8 Å². The van der Waals surface area contributed by atoms with Crippen LogP contribution >= 0.6 is 0 Å². The van der Waals surface area contributed by atoms with Gasteiger partial charge >= 0.3 is 5.97 Å². The summed E-state index contributed by atoms with van der Waals surface area (Å²) in [6.45, 7) is 13.7. The number of aromatic nitrogens is 4. The van der Waals surface area contributed by atoms with Crippen LogP contribution in [0.1, 0.15) is 124 Å². The smallest absolute Gasteiger partial charge is 0.337 e. The molecule has 64 heavy (non-hydrogen) atoms. The van der Waals surface area contributed by atoms with E-state index in [1.807, 2.05) is 23.3 Å². The maximum atomic E-state index is 13.6. The molecule has 0 unspecified atom stereocenters. The number of hydrogen-bond donors (Lipinski definition) is 4. The minimum atomic E-state index is -3.51. The molecule has 2 atom stereocenters. The lowest BCUT2D eigenvalue weighted by Crippen LogP contribution is -2.39. The number of anilines is 2. The van der Waals surface area contributed by atoms with Crippen molar-refractivity contribution < 1.29 is 31.5 Å². The molecule has 2 saturated heterocycles. The van der Waals surface area contributed by atoms with Gasteiger partial charge in [0.05, 0.1) is 69.5 Å². The molecule has 2 aliphatic rings. The molecule has 0 spiro atoms. The number of nitrogens with zero attached hydrogens (tertiary/aromatic N) is 5. The first kappa shape index (κ1) is 49.2. The summed E-state index contributed by atoms with van der Waals surface area (Å²) in [5.74, 6) is -1.34. The van der Waals surface area contributed by atoms with Gasteiger partial charge in [-0.05, 0) is 152 Å². The number of carboxylic acids is 1. The van der Waals surface area contributed by atoms with E-state index in [0.717, 1.165) is 66.4 Å². The number of pyridine rings is 2. The van der Waals surface area contributed by atoms with E-state index in [1.54, 1.807) is 31.2 Å². The van der Waals surface area contributed by atoms with Crippen LogP contribution in [0, 0.1) is 41.5 Å². The topological polar surface area (TPSA) is 197 Å². The summed E-state index contributed by atoms with van der Waals surface area (Å²) >= 11 is 0. The van der Waals surface area contributed by atoms with E-state index >= 15 is 0 Å². The van der Waals surface area contributed by atoms with Crippen molar-refractivity contribution in [2.75, 3.05) is 35.0 Å². The van der Waals surface area contributed by atoms with Crippen LogP contribution in [0.3, 0.4) is 0 Å². The second-order valence-corrected chi connectivity index (χ2v) is 20.3. The van der Waals surface area contributed by atoms with E-state index < -0.39 is 26.0 Å². The number of sulfonamides is 2. The Labute approximate surface area is 377 Å². The van der Waals surface area contributed by atoms with Crippen molar-refractivity contribution in [1.29, 1.82) is 0 Å². The molecular weight excluding hydrogens is 853 g/mol. The minimum absolute atomic E-state index is 0. The summed E-state index contributed by atoms with van der Waals surface area (Å²) in [6.07, 6.45) is 8.63. The first-order valence-corrected chi connectivity index (χ1v) is 24.8. The highest BCUT2D eigenvalue weighted by Gasteiger charge is 2.32. The van der Waals surface area contributed by atoms with Gasteiger partial charge in [-0.3, -0.25) is 14.2 Å². The summed E-state index contributed by atoms with van der Waals surface area (Å²) in [5, 5.41) is 22.0. The molecule has 0 aliphatic carbocycles. The number of aromatic carboxylic acids is 1. The fraction of sp³-hybridized carbons (Fsp3) is 0.404. The van der Waals surface area contributed by atoms with E-state index in [2.05, 4.69) is 76.4 Å². The zero-order valence-corrected chi connectivity index (χ0v) is 38.8. The number of fused-ring (bicyclic) bond motifs is 2. The monoisotopic (exact) mass is 914 g/mol. The Morgan fingerprint density at radius 3 is 1.66 bits per heavy atom. The normalized spacial score (nSPS) is 16.5. The van der Waals surface area contributed by atoms with Crippen LogP contribution in [-0.2, 0) is 20.0 Å². The Hall–Kier alpha value is -5.78. The molecule has 2 aliphatic heterocycles. The largest absolute Gasteiger partial charge is 0.478 e. The van der Waals surface area contributed by atoms with E-state index in [-0.39, 0.29) is 30.6 Å². The van der Waals surface area contributed by atoms with Crippen molar-refractivity contribution in [2.45, 2.75) is 99.6 Å². The number of hydrogen-bond acceptors (Lipinski definition) is 9. The predicted molar refractivity (Wildman–Crippen MR) is 255 cm³/mol. The molecule has 8 rings (SSSR count). The molecule has 1 amide bonds. The maximum Gasteiger partial charge on any atom is 0.337 e. The molecular formula is C47H62N8O7S2. The number of aryl methyl sites for hydroxylation is 6. The summed E-state index contributed by atoms with van der Waals surface area (Å²) < 4.78 is 54.2. The lowest BCUT2D eigenvalue weighted by Gasteiger charge is -2.35. The highest BCUT2D eigenvalue weighted by molar-refractivity contribution is 7.92. The summed E-state index contributed by atoms with van der Waals surface area (Å²) in [6, 6.07) is 22.8. The van der Waals surface area contributed by atoms with Gasteiger partial charge < -0.3 is 15.3 Å². The second kappa shape index (κ2) is 20.4. The number of nitrogens with one attached hydrogen (secondary N) is 3. The van der Waals surface area contributed by atoms with Crippen LogP contribution in [0.4, 0.5) is 11.4 Å². The van der Waals surface area contributed by atoms with Gasteiger partial charge in [0.25, 0.3) is 5.91 Å². The first-order chi connectivity index (χ1) is 29.7. The molecule has 15 nitrogen and oxygen atoms in total. The number of carboxylic acid groups (broad SMARTS) is 1. The fourth-order valence-electron chi connectivity index (χ4n) is 8.25. The van der Waals surface area contributed by atoms with Crippen molar-refractivity contribution >= 4 is 54.3 Å². The number of carbonyl (C=O) groups excluding carboxylic acids is 1. The van der Waals surface area contributed by atoms with Crippen molar-refractivity contribution in [3.8, 4) is 0 Å². The average Bonchev–Trinajstić information content (AvgIpc) is 3.84. The molecule has 6 heterocycles. The van der Waals surface area contributed by atoms with Gasteiger partial charge in [-0.1, -0.05) is 37.1 Å². The van der Waals surface area contributed by atoms with Crippen LogP contribution in [0.15, 0.2) is 72.8 Å². The van der Waals surface area contributed by atoms with E-state index in [0.29, 0.717) is 23.8 Å². The predicted octanol–water partition coefficient (Wildman–Crippen LogP) is 8.47. The van der Waals surface area contributed by atoms with Crippen LogP contribution in [-0.4, -0.2) is 83.5 Å². The van der Waals surface area contributed by atoms with Crippen molar-refractivity contribution in [3.05, 3.63) is 129 Å². The van der Waals surface area contributed by atoms with E-state index in [1.165, 1.54) is 59.4 Å². The first-order valence-electron chi connectivity index (χ1n) is 21.0. The highest BCUT2D eigenvalue weighted by atomic mass is 32.2. The number of piperidine rings is 2. The third-order valence-corrected chi connectivity index (χ3v) is 12.2. The Morgan fingerprint density at radius 2 is 1.14 bits per heavy atom. The van der Waals surface area contributed by atoms with Gasteiger partial charge in [-0.2, -0.15) is 10.2 Å². The molecule has 6 aromatic rings. The maximum absolute atomic E-state index is 13.6. The number of carbonyl (C=O) groups is 2. The molecule has 344 valence electrons. The molecule has 4 N–H and O–H groups in total. The minimum Gasteiger partial charge on any atom is -0.478 e. The van der Waals surface area contributed by atoms with Crippen molar-refractivity contribution in [1.82, 2.24) is 29.4 Å². The van der Waals surface area contributed by atoms with Gasteiger partial charge in [0, 0.05) is 17.9 Å². The summed E-state index contributed by atoms with van der Waals surface area (Å²) in [4.78, 5) is 26.3. The van der Waals surface area contributed by atoms with Crippen LogP contribution in [0.25, 0.3) is 11.0 Å². The molecule has 4 aromatic heterocycles. The fourth-order valence-corrected chi connectivity index (χ4v) is 9.41. The number of benzene rings is 2. The van der Waals surface area contributed by atoms with E-state index in [9.17, 15) is 26.4 Å². The van der Waals surface area contributed by atoms with Crippen LogP contribution in [0.5, 0.6) is 0 Å². The SMILES string of the molecule is C.Cc1cc(C)n2nc([C@@H]3CCCCN3)cc2c1.Cc1ccc(NS(C)(=O)=O)c(C(=O)N2CCCC[C@H]2c2cc3cc(C)cc(C)n3n2)c1.Cc1ccc(NS(C)(=O)=O)c(C(=O)O)c1. The zero-order valence-electron chi connectivity index (χ0n) is 37.2. The lowest BCUT2D eigenvalue weighted by atomic mass is 9.97. The number of likely N-dealkylation sites (tertiary alicyclic amines) is 1. The standard InChI is InChI=1S/C23H28N4O3S.C14H19N3.C9H11NO4S.CH4/c1-15-8-9-20(25-31(4,29)30)19(13-15)23(28)26-10-6-5-7-22(26)21-14-18-12-16(2)11-17(3)27(18)24-21;1-10-7-11(2)17-12(8-10)9-14(16-17)13-5-3-4-6-15-13;1-6-3-4-8(10-15(2,13)14)7(5-6)9(11)12;/h8-9,11-14,22,25H,5-7,10H2,1-4H3;7-9,13,15H,3-6H2,1-2H3;3-5,10H,1-2H3,(H,11,12);1H4/t22-;13-;;/m00../s1. The van der Waals surface area contributed by atoms with Gasteiger partial charge in [0.1, 0.15) is 0 Å². The van der Waals surface area contributed by atoms with E-state index in [4.69, 9.17) is 15.3 Å². The molecule has 2 aromatic carbocycles. The van der Waals surface area contributed by atoms with Crippen LogP contribution in [0.2, 0.25) is 0 Å². The molecule has 0 bridgehead atoms. The number of rotatable bonds is 8. The third kappa shape index (κ3) is 12.5. The van der Waals surface area contributed by atoms with Gasteiger partial charge in [-0.15, -0.1) is 0 Å². The zero-order chi connectivity index (χ0) is 45.8. The molecule has 0 radical (unpaired) electrons. The van der Waals surface area contributed by atoms with Gasteiger partial charge in [0.15, 0.2) is 0 Å². The Bertz CT molecular complexity index is 2880. The summed E-state index contributed by atoms with van der Waals surface area (Å²) in [7, 11) is -6.96. The quantitative estimate of drug-likeness (QED) is 0.115. The number of amides is 1. The summed E-state index contributed by atoms with van der Waals surface area (Å²) in [5.41, 5.74) is 11.4. The highest BCUT2D eigenvalue weighted by Crippen LogP contribution is 2.34. The molecule has 0 saturated carbocycles. The molecule has 2 fully saturated rings. The lowest BCUT2D eigenvalue weighted by molar-refractivity contribution is 0.0606. The molecule has 17 heteroatoms. The second-order valence-electron chi connectivity index (χ2n) is 16.8. The van der Waals surface area contributed by atoms with Crippen molar-refractivity contribution in [2.24, 2.45) is 0 Å². The Balaban J connectivity index is 0.000000197. The average molecular weight is 915 g/mol. The van der Waals surface area contributed by atoms with Gasteiger partial charge in [0.2, 0.25) is 20.0 Å². The third-order valence-electron chi connectivity index (χ3n) is 11.0.